The first kappa shape index (κ1) is 39.0. The smallest absolute Gasteiger partial charge is 0.317 e. The van der Waals surface area contributed by atoms with Gasteiger partial charge in [-0.1, -0.05) is 41.5 Å². The Bertz CT molecular complexity index is 306. The zero-order valence-corrected chi connectivity index (χ0v) is 17.4. The summed E-state index contributed by atoms with van der Waals surface area (Å²) in [6, 6.07) is 0. The summed E-state index contributed by atoms with van der Waals surface area (Å²) >= 11 is 0. The summed E-state index contributed by atoms with van der Waals surface area (Å²) in [5.74, 6) is -0.728. The van der Waals surface area contributed by atoms with Crippen LogP contribution in [0.2, 0.25) is 0 Å². The van der Waals surface area contributed by atoms with E-state index < -0.39 is 11.4 Å². The van der Waals surface area contributed by atoms with Gasteiger partial charge in [0.25, 0.3) is 0 Å². The number of carbonyl (C=O) groups is 2. The number of hydrogen-bond donors (Lipinski definition) is 1. The second-order valence-corrected chi connectivity index (χ2v) is 6.46. The molecule has 0 saturated carbocycles. The molecular weight excluding hydrogens is 352 g/mol. The van der Waals surface area contributed by atoms with Crippen molar-refractivity contribution in [3.8, 4) is 0 Å². The van der Waals surface area contributed by atoms with E-state index >= 15 is 0 Å². The zero-order chi connectivity index (χ0) is 15.2. The number of aliphatic carboxylic acids is 1. The van der Waals surface area contributed by atoms with Crippen LogP contribution in [0.1, 0.15) is 67.2 Å². The fraction of sp³-hybridized carbons (Fsp3) is 0.875. The largest absolute Gasteiger partial charge is 0.480 e. The minimum atomic E-state index is -1.20. The van der Waals surface area contributed by atoms with Crippen LogP contribution in [-0.2, 0) is 31.3 Å². The van der Waals surface area contributed by atoms with E-state index in [1.54, 1.807) is 0 Å². The predicted molar refractivity (Wildman–Crippen MR) is 92.5 cm³/mol. The van der Waals surface area contributed by atoms with E-state index in [0.717, 1.165) is 12.8 Å². The molecule has 0 aliphatic heterocycles. The first-order valence-electron chi connectivity index (χ1n) is 7.48. The quantitative estimate of drug-likeness (QED) is 0.453. The molecule has 0 amide bonds. The predicted octanol–water partition coefficient (Wildman–Crippen LogP) is 0.854. The first-order chi connectivity index (χ1) is 8.71. The number of Topliss-reactive ketones (excluding diaryl/α,β-unsaturated/α-hetero) is 1. The van der Waals surface area contributed by atoms with Crippen LogP contribution < -0.4 is 0 Å². The fourth-order valence-corrected chi connectivity index (χ4v) is 3.01. The normalized spacial score (nSPS) is 9.88. The molecule has 24 heavy (non-hydrogen) atoms. The molecule has 0 aromatic heterocycles. The summed E-state index contributed by atoms with van der Waals surface area (Å²) in [6.45, 7) is 11.9. The van der Waals surface area contributed by atoms with Crippen molar-refractivity contribution >= 4 is 11.8 Å². The maximum absolute atomic E-state index is 12.8. The minimum Gasteiger partial charge on any atom is -0.480 e. The molecule has 0 aliphatic rings. The number of carboxylic acids is 1. The van der Waals surface area contributed by atoms with Crippen LogP contribution in [0.4, 0.5) is 0 Å². The standard InChI is InChI=1S/C16H30O3.4H2O.Ti/c1-7-13(8-2)14(17)16(15(18)19,9-11(3)4)10-12(5)6;;;;;/h11-13H,7-10H2,1-6H3,(H,18,19);4*1H2;. The van der Waals surface area contributed by atoms with Gasteiger partial charge in [-0.2, -0.15) is 0 Å². The summed E-state index contributed by atoms with van der Waals surface area (Å²) in [5, 5.41) is 9.71. The monoisotopic (exact) mass is 390 g/mol. The molecule has 148 valence electrons. The molecule has 0 radical (unpaired) electrons. The van der Waals surface area contributed by atoms with E-state index in [9.17, 15) is 14.7 Å². The van der Waals surface area contributed by atoms with Crippen molar-refractivity contribution in [3.05, 3.63) is 0 Å². The van der Waals surface area contributed by atoms with Crippen LogP contribution in [0.3, 0.4) is 0 Å². The molecule has 0 saturated heterocycles. The van der Waals surface area contributed by atoms with E-state index in [-0.39, 0.29) is 67.2 Å². The topological polar surface area (TPSA) is 180 Å². The summed E-state index contributed by atoms with van der Waals surface area (Å²) in [6.07, 6.45) is 2.33. The summed E-state index contributed by atoms with van der Waals surface area (Å²) in [5.41, 5.74) is -1.20. The number of carbonyl (C=O) groups excluding carboxylic acids is 1. The van der Waals surface area contributed by atoms with Gasteiger partial charge in [-0.3, -0.25) is 9.59 Å². The Morgan fingerprint density at radius 2 is 1.12 bits per heavy atom. The van der Waals surface area contributed by atoms with Gasteiger partial charge in [-0.25, -0.2) is 0 Å². The van der Waals surface area contributed by atoms with Gasteiger partial charge < -0.3 is 27.0 Å². The zero-order valence-electron chi connectivity index (χ0n) is 15.8. The summed E-state index contributed by atoms with van der Waals surface area (Å²) in [7, 11) is 0. The molecule has 0 rings (SSSR count). The van der Waals surface area contributed by atoms with Gasteiger partial charge in [-0.15, -0.1) is 0 Å². The molecule has 0 atom stereocenters. The molecule has 0 aromatic rings. The molecule has 0 aliphatic carbocycles. The van der Waals surface area contributed by atoms with E-state index in [2.05, 4.69) is 0 Å². The molecule has 0 spiro atoms. The molecular formula is C16H38O7Ti. The average Bonchev–Trinajstić information content (AvgIpc) is 2.27. The van der Waals surface area contributed by atoms with Crippen molar-refractivity contribution in [1.82, 2.24) is 0 Å². The summed E-state index contributed by atoms with van der Waals surface area (Å²) < 4.78 is 0. The Morgan fingerprint density at radius 3 is 1.29 bits per heavy atom. The second-order valence-electron chi connectivity index (χ2n) is 6.46. The van der Waals surface area contributed by atoms with Crippen LogP contribution in [0.25, 0.3) is 0 Å². The van der Waals surface area contributed by atoms with Crippen LogP contribution in [0, 0.1) is 23.2 Å². The maximum Gasteiger partial charge on any atom is 0.317 e. The number of hydrogen-bond acceptors (Lipinski definition) is 2. The molecule has 0 bridgehead atoms. The van der Waals surface area contributed by atoms with Gasteiger partial charge in [0.15, 0.2) is 5.78 Å². The van der Waals surface area contributed by atoms with Crippen LogP contribution in [0.15, 0.2) is 0 Å². The van der Waals surface area contributed by atoms with Gasteiger partial charge in [0, 0.05) is 27.6 Å². The van der Waals surface area contributed by atoms with Crippen molar-refractivity contribution < 1.29 is 58.3 Å². The molecule has 7 nitrogen and oxygen atoms in total. The molecule has 0 fully saturated rings. The van der Waals surface area contributed by atoms with Gasteiger partial charge in [-0.05, 0) is 37.5 Å². The molecule has 8 heteroatoms. The number of rotatable bonds is 9. The molecule has 0 heterocycles. The third-order valence-electron chi connectivity index (χ3n) is 3.75. The Kier molecular flexibility index (Phi) is 28.4. The van der Waals surface area contributed by atoms with Gasteiger partial charge in [0.05, 0.1) is 0 Å². The van der Waals surface area contributed by atoms with Crippen molar-refractivity contribution in [2.24, 2.45) is 23.2 Å². The Morgan fingerprint density at radius 1 is 0.833 bits per heavy atom. The molecule has 9 N–H and O–H groups in total. The SMILES string of the molecule is CCC(CC)C(=O)C(CC(C)C)(CC(C)C)C(=O)O.O.O.O.O.[Ti]. The van der Waals surface area contributed by atoms with Crippen LogP contribution in [-0.4, -0.2) is 38.8 Å². The Labute approximate surface area is 160 Å². The number of carboxylic acid groups (broad SMARTS) is 1. The maximum atomic E-state index is 12.8. The van der Waals surface area contributed by atoms with Crippen molar-refractivity contribution in [3.63, 3.8) is 0 Å². The van der Waals surface area contributed by atoms with Gasteiger partial charge in [0.1, 0.15) is 5.41 Å². The average molecular weight is 390 g/mol. The van der Waals surface area contributed by atoms with Gasteiger partial charge in [0.2, 0.25) is 0 Å². The van der Waals surface area contributed by atoms with Crippen molar-refractivity contribution in [2.45, 2.75) is 67.2 Å². The second kappa shape index (κ2) is 17.5. The Balaban J connectivity index is -0.000000162. The molecule has 0 aromatic carbocycles. The van der Waals surface area contributed by atoms with Crippen LogP contribution in [0.5, 0.6) is 0 Å². The van der Waals surface area contributed by atoms with E-state index in [0.29, 0.717) is 12.8 Å². The summed E-state index contributed by atoms with van der Waals surface area (Å²) in [4.78, 5) is 24.6. The van der Waals surface area contributed by atoms with E-state index in [4.69, 9.17) is 0 Å². The van der Waals surface area contributed by atoms with Crippen molar-refractivity contribution in [1.29, 1.82) is 0 Å². The van der Waals surface area contributed by atoms with E-state index in [1.807, 2.05) is 41.5 Å². The third-order valence-corrected chi connectivity index (χ3v) is 3.75. The third kappa shape index (κ3) is 10.5. The van der Waals surface area contributed by atoms with Crippen LogP contribution >= 0.6 is 0 Å². The Hall–Kier alpha value is -0.306. The van der Waals surface area contributed by atoms with Crippen molar-refractivity contribution in [2.75, 3.05) is 0 Å². The molecule has 0 unspecified atom stereocenters. The fourth-order valence-electron chi connectivity index (χ4n) is 3.01. The first-order valence-corrected chi connectivity index (χ1v) is 7.48. The minimum absolute atomic E-state index is 0. The number of ketones is 1. The van der Waals surface area contributed by atoms with Gasteiger partial charge >= 0.3 is 5.97 Å². The van der Waals surface area contributed by atoms with E-state index in [1.165, 1.54) is 0 Å².